The molecule has 0 saturated carbocycles. The van der Waals surface area contributed by atoms with Gasteiger partial charge in [0.1, 0.15) is 11.5 Å². The number of benzene rings is 2. The van der Waals surface area contributed by atoms with Gasteiger partial charge in [-0.1, -0.05) is 26.7 Å². The first-order valence-electron chi connectivity index (χ1n) is 9.97. The fourth-order valence-corrected chi connectivity index (χ4v) is 3.86. The lowest BCUT2D eigenvalue weighted by atomic mass is 9.84. The van der Waals surface area contributed by atoms with E-state index in [0.717, 1.165) is 60.8 Å². The van der Waals surface area contributed by atoms with Gasteiger partial charge >= 0.3 is 0 Å². The molecule has 2 aromatic carbocycles. The van der Waals surface area contributed by atoms with Crippen molar-refractivity contribution in [3.8, 4) is 22.6 Å². The van der Waals surface area contributed by atoms with Crippen molar-refractivity contribution in [2.24, 2.45) is 0 Å². The highest BCUT2D eigenvalue weighted by molar-refractivity contribution is 5.77. The minimum atomic E-state index is 0.419. The van der Waals surface area contributed by atoms with E-state index < -0.39 is 0 Å². The molecule has 0 saturated heterocycles. The van der Waals surface area contributed by atoms with Gasteiger partial charge in [-0.05, 0) is 110 Å². The molecule has 2 nitrogen and oxygen atoms in total. The van der Waals surface area contributed by atoms with Crippen LogP contribution in [0.25, 0.3) is 11.1 Å². The number of unbranched alkanes of at least 4 members (excludes halogenated alkanes) is 2. The molecule has 26 heavy (non-hydrogen) atoms. The molecule has 0 amide bonds. The lowest BCUT2D eigenvalue weighted by molar-refractivity contribution is 0.465. The smallest absolute Gasteiger partial charge is 0.121 e. The van der Waals surface area contributed by atoms with E-state index >= 15 is 0 Å². The molecule has 0 radical (unpaired) electrons. The van der Waals surface area contributed by atoms with Crippen LogP contribution in [0, 0.1) is 27.7 Å². The van der Waals surface area contributed by atoms with Crippen LogP contribution in [-0.2, 0) is 12.8 Å². The van der Waals surface area contributed by atoms with Crippen molar-refractivity contribution < 1.29 is 10.2 Å². The highest BCUT2D eigenvalue weighted by Crippen LogP contribution is 2.40. The Morgan fingerprint density at radius 2 is 1.00 bits per heavy atom. The Labute approximate surface area is 158 Å². The third kappa shape index (κ3) is 3.90. The van der Waals surface area contributed by atoms with Gasteiger partial charge in [0, 0.05) is 0 Å². The number of hydrogen-bond acceptors (Lipinski definition) is 2. The van der Waals surface area contributed by atoms with E-state index in [1.165, 1.54) is 22.3 Å². The second-order valence-corrected chi connectivity index (χ2v) is 7.59. The number of rotatable bonds is 7. The molecule has 2 heteroatoms. The van der Waals surface area contributed by atoms with E-state index in [2.05, 4.69) is 26.0 Å². The van der Waals surface area contributed by atoms with Crippen LogP contribution in [0.1, 0.15) is 72.9 Å². The topological polar surface area (TPSA) is 40.5 Å². The quantitative estimate of drug-likeness (QED) is 0.582. The van der Waals surface area contributed by atoms with Crippen molar-refractivity contribution in [1.82, 2.24) is 0 Å². The molecule has 0 atom stereocenters. The van der Waals surface area contributed by atoms with Crippen molar-refractivity contribution in [2.45, 2.75) is 80.1 Å². The van der Waals surface area contributed by atoms with Crippen molar-refractivity contribution in [3.63, 3.8) is 0 Å². The molecule has 0 aliphatic rings. The summed E-state index contributed by atoms with van der Waals surface area (Å²) in [4.78, 5) is 0. The molecular weight excluding hydrogens is 320 g/mol. The highest BCUT2D eigenvalue weighted by atomic mass is 16.3. The predicted octanol–water partition coefficient (Wildman–Crippen LogP) is 6.68. The Kier molecular flexibility index (Phi) is 6.75. The predicted molar refractivity (Wildman–Crippen MR) is 111 cm³/mol. The Morgan fingerprint density at radius 3 is 1.31 bits per heavy atom. The number of aryl methyl sites for hydroxylation is 2. The fourth-order valence-electron chi connectivity index (χ4n) is 3.86. The molecular formula is C24H34O2. The number of aromatic hydroxyl groups is 2. The van der Waals surface area contributed by atoms with Gasteiger partial charge in [-0.2, -0.15) is 0 Å². The van der Waals surface area contributed by atoms with E-state index in [1.54, 1.807) is 0 Å². The number of hydrogen-bond donors (Lipinski definition) is 2. The average Bonchev–Trinajstić information content (AvgIpc) is 2.62. The summed E-state index contributed by atoms with van der Waals surface area (Å²) in [6.07, 6.45) is 6.41. The number of phenols is 2. The van der Waals surface area contributed by atoms with Crippen LogP contribution < -0.4 is 0 Å². The Balaban J connectivity index is 2.77. The maximum atomic E-state index is 10.5. The summed E-state index contributed by atoms with van der Waals surface area (Å²) >= 11 is 0. The van der Waals surface area contributed by atoms with E-state index in [1.807, 2.05) is 27.7 Å². The van der Waals surface area contributed by atoms with Gasteiger partial charge in [-0.15, -0.1) is 0 Å². The molecule has 0 fully saturated rings. The zero-order valence-corrected chi connectivity index (χ0v) is 17.3. The summed E-state index contributed by atoms with van der Waals surface area (Å²) in [6.45, 7) is 12.4. The van der Waals surface area contributed by atoms with Gasteiger partial charge in [0.25, 0.3) is 0 Å². The van der Waals surface area contributed by atoms with Gasteiger partial charge in [-0.3, -0.25) is 0 Å². The zero-order chi connectivity index (χ0) is 19.4. The highest BCUT2D eigenvalue weighted by Gasteiger charge is 2.19. The van der Waals surface area contributed by atoms with Crippen molar-refractivity contribution in [3.05, 3.63) is 45.5 Å². The van der Waals surface area contributed by atoms with Gasteiger partial charge in [0.05, 0.1) is 0 Å². The van der Waals surface area contributed by atoms with Gasteiger partial charge in [0.15, 0.2) is 0 Å². The lowest BCUT2D eigenvalue weighted by Crippen LogP contribution is -2.02. The first-order valence-corrected chi connectivity index (χ1v) is 9.97. The Bertz CT molecular complexity index is 720. The summed E-state index contributed by atoms with van der Waals surface area (Å²) in [5.74, 6) is 0.837. The number of phenolic OH excluding ortho intramolecular Hbond substituents is 2. The molecule has 0 unspecified atom stereocenters. The maximum Gasteiger partial charge on any atom is 0.121 e. The monoisotopic (exact) mass is 354 g/mol. The first-order chi connectivity index (χ1) is 12.3. The van der Waals surface area contributed by atoms with Crippen LogP contribution in [0.3, 0.4) is 0 Å². The van der Waals surface area contributed by atoms with Crippen LogP contribution in [0.15, 0.2) is 12.1 Å². The second kappa shape index (κ2) is 8.62. The molecule has 0 bridgehead atoms. The summed E-state index contributed by atoms with van der Waals surface area (Å²) in [6, 6.07) is 4.27. The summed E-state index contributed by atoms with van der Waals surface area (Å²) in [7, 11) is 0. The molecule has 0 heterocycles. The molecule has 142 valence electrons. The van der Waals surface area contributed by atoms with E-state index in [9.17, 15) is 10.2 Å². The van der Waals surface area contributed by atoms with Gasteiger partial charge < -0.3 is 10.2 Å². The molecule has 0 aromatic heterocycles. The maximum absolute atomic E-state index is 10.5. The van der Waals surface area contributed by atoms with E-state index in [4.69, 9.17) is 0 Å². The van der Waals surface area contributed by atoms with Crippen molar-refractivity contribution >= 4 is 0 Å². The minimum Gasteiger partial charge on any atom is -0.507 e. The van der Waals surface area contributed by atoms with Crippen LogP contribution >= 0.6 is 0 Å². The molecule has 0 aliphatic carbocycles. The van der Waals surface area contributed by atoms with Crippen molar-refractivity contribution in [2.75, 3.05) is 0 Å². The van der Waals surface area contributed by atoms with E-state index in [-0.39, 0.29) is 0 Å². The van der Waals surface area contributed by atoms with Crippen LogP contribution in [0.2, 0.25) is 0 Å². The molecule has 2 rings (SSSR count). The third-order valence-electron chi connectivity index (χ3n) is 5.59. The standard InChI is InChI=1S/C24H34O2/c1-7-9-11-19-17(5)23(25)15(3)13-21(19)22-14-16(4)24(26)18(6)20(22)12-10-8-2/h13-14,25-26H,7-12H2,1-6H3. The zero-order valence-electron chi connectivity index (χ0n) is 17.3. The largest absolute Gasteiger partial charge is 0.507 e. The fraction of sp³-hybridized carbons (Fsp3) is 0.500. The minimum absolute atomic E-state index is 0.419. The SMILES string of the molecule is CCCCc1c(-c2cc(C)c(O)c(C)c2CCCC)cc(C)c(O)c1C. The molecule has 0 aliphatic heterocycles. The van der Waals surface area contributed by atoms with Gasteiger partial charge in [-0.25, -0.2) is 0 Å². The van der Waals surface area contributed by atoms with Crippen LogP contribution in [0.4, 0.5) is 0 Å². The van der Waals surface area contributed by atoms with Crippen molar-refractivity contribution in [1.29, 1.82) is 0 Å². The average molecular weight is 355 g/mol. The van der Waals surface area contributed by atoms with Gasteiger partial charge in [0.2, 0.25) is 0 Å². The molecule has 2 aromatic rings. The third-order valence-corrected chi connectivity index (χ3v) is 5.59. The van der Waals surface area contributed by atoms with Crippen LogP contribution in [-0.4, -0.2) is 10.2 Å². The molecule has 2 N–H and O–H groups in total. The molecule has 0 spiro atoms. The normalized spacial score (nSPS) is 11.2. The Morgan fingerprint density at radius 1 is 0.654 bits per heavy atom. The lowest BCUT2D eigenvalue weighted by Gasteiger charge is -2.21. The summed E-state index contributed by atoms with van der Waals surface area (Å²) in [5, 5.41) is 21.0. The van der Waals surface area contributed by atoms with Crippen LogP contribution in [0.5, 0.6) is 11.5 Å². The second-order valence-electron chi connectivity index (χ2n) is 7.59. The first kappa shape index (κ1) is 20.4. The Hall–Kier alpha value is -1.96. The summed E-state index contributed by atoms with van der Waals surface area (Å²) < 4.78 is 0. The summed E-state index contributed by atoms with van der Waals surface area (Å²) in [5.41, 5.74) is 8.78. The van der Waals surface area contributed by atoms with E-state index in [0.29, 0.717) is 11.5 Å².